The molecule has 0 heterocycles. The third kappa shape index (κ3) is 8.41. The molecule has 7 heteroatoms. The van der Waals surface area contributed by atoms with Crippen LogP contribution in [0, 0.1) is 5.82 Å². The third-order valence-corrected chi connectivity index (χ3v) is 6.88. The standard InChI is InChI=1S/C28H30ClFN2O2S/c1-2-16-31-28(34)26(17-21-8-4-3-5-9-21)32(18-23-10-6-7-11-25(23)29)27(33)20-35-19-22-12-14-24(30)15-13-22/h3-15,26H,2,16-20H2,1H3,(H,31,34). The Morgan fingerprint density at radius 2 is 1.66 bits per heavy atom. The number of thioether (sulfide) groups is 1. The number of hydrogen-bond acceptors (Lipinski definition) is 3. The maximum Gasteiger partial charge on any atom is 0.243 e. The summed E-state index contributed by atoms with van der Waals surface area (Å²) < 4.78 is 13.2. The van der Waals surface area contributed by atoms with Crippen molar-refractivity contribution in [2.75, 3.05) is 12.3 Å². The van der Waals surface area contributed by atoms with Crippen molar-refractivity contribution < 1.29 is 14.0 Å². The molecule has 0 spiro atoms. The number of nitrogens with zero attached hydrogens (tertiary/aromatic N) is 1. The van der Waals surface area contributed by atoms with Crippen molar-refractivity contribution in [3.8, 4) is 0 Å². The molecule has 0 aliphatic rings. The van der Waals surface area contributed by atoms with Crippen molar-refractivity contribution in [3.63, 3.8) is 0 Å². The maximum atomic E-state index is 13.5. The first-order valence-corrected chi connectivity index (χ1v) is 13.2. The normalized spacial score (nSPS) is 11.6. The molecule has 184 valence electrons. The molecule has 3 aromatic carbocycles. The lowest BCUT2D eigenvalue weighted by atomic mass is 10.0. The van der Waals surface area contributed by atoms with E-state index in [1.54, 1.807) is 23.1 Å². The first kappa shape index (κ1) is 26.8. The molecule has 0 fully saturated rings. The van der Waals surface area contributed by atoms with Gasteiger partial charge in [0.1, 0.15) is 11.9 Å². The quantitative estimate of drug-likeness (QED) is 0.330. The first-order chi connectivity index (χ1) is 17.0. The zero-order valence-corrected chi connectivity index (χ0v) is 21.3. The zero-order chi connectivity index (χ0) is 25.0. The Morgan fingerprint density at radius 3 is 2.34 bits per heavy atom. The Bertz CT molecular complexity index is 1100. The van der Waals surface area contributed by atoms with Gasteiger partial charge in [-0.25, -0.2) is 4.39 Å². The van der Waals surface area contributed by atoms with Crippen LogP contribution in [-0.2, 0) is 28.3 Å². The highest BCUT2D eigenvalue weighted by Crippen LogP contribution is 2.22. The Kier molecular flexibility index (Phi) is 10.6. The van der Waals surface area contributed by atoms with Gasteiger partial charge in [-0.3, -0.25) is 9.59 Å². The van der Waals surface area contributed by atoms with Crippen molar-refractivity contribution in [2.45, 2.75) is 38.1 Å². The minimum Gasteiger partial charge on any atom is -0.354 e. The smallest absolute Gasteiger partial charge is 0.243 e. The van der Waals surface area contributed by atoms with E-state index in [1.165, 1.54) is 23.9 Å². The molecule has 0 saturated carbocycles. The summed E-state index contributed by atoms with van der Waals surface area (Å²) in [6.07, 6.45) is 1.20. The lowest BCUT2D eigenvalue weighted by Gasteiger charge is -2.31. The van der Waals surface area contributed by atoms with Crippen molar-refractivity contribution >= 4 is 35.2 Å². The Balaban J connectivity index is 1.83. The summed E-state index contributed by atoms with van der Waals surface area (Å²) >= 11 is 7.86. The molecule has 35 heavy (non-hydrogen) atoms. The van der Waals surface area contributed by atoms with Crippen LogP contribution < -0.4 is 5.32 Å². The number of carbonyl (C=O) groups excluding carboxylic acids is 2. The topological polar surface area (TPSA) is 49.4 Å². The Labute approximate surface area is 215 Å². The summed E-state index contributed by atoms with van der Waals surface area (Å²) in [6.45, 7) is 2.76. The lowest BCUT2D eigenvalue weighted by Crippen LogP contribution is -2.51. The SMILES string of the molecule is CCCNC(=O)C(Cc1ccccc1)N(Cc1ccccc1Cl)C(=O)CSCc1ccc(F)cc1. The largest absolute Gasteiger partial charge is 0.354 e. The van der Waals surface area contributed by atoms with E-state index in [4.69, 9.17) is 11.6 Å². The molecule has 0 saturated heterocycles. The summed E-state index contributed by atoms with van der Waals surface area (Å²) in [7, 11) is 0. The van der Waals surface area contributed by atoms with Crippen LogP contribution in [0.25, 0.3) is 0 Å². The van der Waals surface area contributed by atoms with Crippen LogP contribution in [0.4, 0.5) is 4.39 Å². The van der Waals surface area contributed by atoms with Crippen LogP contribution in [0.1, 0.15) is 30.0 Å². The van der Waals surface area contributed by atoms with E-state index in [1.807, 2.05) is 55.5 Å². The predicted molar refractivity (Wildman–Crippen MR) is 142 cm³/mol. The molecule has 1 atom stereocenters. The van der Waals surface area contributed by atoms with Crippen LogP contribution in [0.2, 0.25) is 5.02 Å². The van der Waals surface area contributed by atoms with Crippen molar-refractivity contribution in [2.24, 2.45) is 0 Å². The monoisotopic (exact) mass is 512 g/mol. The van der Waals surface area contributed by atoms with Gasteiger partial charge in [0.2, 0.25) is 11.8 Å². The fourth-order valence-electron chi connectivity index (χ4n) is 3.65. The molecule has 4 nitrogen and oxygen atoms in total. The Hall–Kier alpha value is -2.83. The van der Waals surface area contributed by atoms with Gasteiger partial charge in [0, 0.05) is 30.3 Å². The molecule has 3 rings (SSSR count). The number of halogens is 2. The predicted octanol–water partition coefficient (Wildman–Crippen LogP) is 5.88. The second-order valence-electron chi connectivity index (χ2n) is 8.23. The van der Waals surface area contributed by atoms with E-state index in [-0.39, 0.29) is 29.9 Å². The highest BCUT2D eigenvalue weighted by atomic mass is 35.5. The summed E-state index contributed by atoms with van der Waals surface area (Å²) in [5.41, 5.74) is 2.69. The van der Waals surface area contributed by atoms with Crippen molar-refractivity contribution in [1.82, 2.24) is 10.2 Å². The number of amides is 2. The van der Waals surface area contributed by atoms with Crippen molar-refractivity contribution in [3.05, 3.63) is 106 Å². The van der Waals surface area contributed by atoms with Gasteiger partial charge in [-0.05, 0) is 41.3 Å². The van der Waals surface area contributed by atoms with Crippen LogP contribution in [0.3, 0.4) is 0 Å². The third-order valence-electron chi connectivity index (χ3n) is 5.53. The minimum atomic E-state index is -0.681. The molecular formula is C28H30ClFN2O2S. The maximum absolute atomic E-state index is 13.5. The fraction of sp³-hybridized carbons (Fsp3) is 0.286. The average molecular weight is 513 g/mol. The molecule has 0 aliphatic heterocycles. The molecule has 0 aliphatic carbocycles. The summed E-state index contributed by atoms with van der Waals surface area (Å²) in [4.78, 5) is 28.4. The van der Waals surface area contributed by atoms with Gasteiger partial charge in [-0.2, -0.15) is 0 Å². The number of carbonyl (C=O) groups is 2. The summed E-state index contributed by atoms with van der Waals surface area (Å²) in [5.74, 6) is 0.137. The van der Waals surface area contributed by atoms with Gasteiger partial charge in [0.05, 0.1) is 5.75 Å². The van der Waals surface area contributed by atoms with Gasteiger partial charge in [0.15, 0.2) is 0 Å². The van der Waals surface area contributed by atoms with Crippen molar-refractivity contribution in [1.29, 1.82) is 0 Å². The van der Waals surface area contributed by atoms with E-state index >= 15 is 0 Å². The Morgan fingerprint density at radius 1 is 0.971 bits per heavy atom. The van der Waals surface area contributed by atoms with E-state index < -0.39 is 6.04 Å². The van der Waals surface area contributed by atoms with Crippen LogP contribution >= 0.6 is 23.4 Å². The molecule has 0 bridgehead atoms. The van der Waals surface area contributed by atoms with Gasteiger partial charge in [0.25, 0.3) is 0 Å². The van der Waals surface area contributed by atoms with E-state index in [2.05, 4.69) is 5.32 Å². The molecular weight excluding hydrogens is 483 g/mol. The van der Waals surface area contributed by atoms with Gasteiger partial charge < -0.3 is 10.2 Å². The van der Waals surface area contributed by atoms with Crippen LogP contribution in [0.5, 0.6) is 0 Å². The van der Waals surface area contributed by atoms with Gasteiger partial charge in [-0.15, -0.1) is 11.8 Å². The van der Waals surface area contributed by atoms with Crippen LogP contribution in [0.15, 0.2) is 78.9 Å². The second kappa shape index (κ2) is 13.9. The fourth-order valence-corrected chi connectivity index (χ4v) is 4.72. The summed E-state index contributed by atoms with van der Waals surface area (Å²) in [6, 6.07) is 22.6. The zero-order valence-electron chi connectivity index (χ0n) is 19.8. The highest BCUT2D eigenvalue weighted by molar-refractivity contribution is 7.99. The molecule has 1 N–H and O–H groups in total. The first-order valence-electron chi connectivity index (χ1n) is 11.6. The number of nitrogens with one attached hydrogen (secondary N) is 1. The average Bonchev–Trinajstić information content (AvgIpc) is 2.87. The number of hydrogen-bond donors (Lipinski definition) is 1. The molecule has 2 amide bonds. The molecule has 0 radical (unpaired) electrons. The van der Waals surface area contributed by atoms with E-state index in [0.717, 1.165) is 23.1 Å². The number of benzene rings is 3. The molecule has 3 aromatic rings. The summed E-state index contributed by atoms with van der Waals surface area (Å²) in [5, 5.41) is 3.52. The second-order valence-corrected chi connectivity index (χ2v) is 9.62. The van der Waals surface area contributed by atoms with Gasteiger partial charge in [-0.1, -0.05) is 79.2 Å². The molecule has 1 unspecified atom stereocenters. The van der Waals surface area contributed by atoms with E-state index in [0.29, 0.717) is 23.7 Å². The molecule has 0 aromatic heterocycles. The minimum absolute atomic E-state index is 0.149. The highest BCUT2D eigenvalue weighted by Gasteiger charge is 2.30. The lowest BCUT2D eigenvalue weighted by molar-refractivity contribution is -0.139. The number of rotatable bonds is 12. The van der Waals surface area contributed by atoms with E-state index in [9.17, 15) is 14.0 Å². The van der Waals surface area contributed by atoms with Crippen LogP contribution in [-0.4, -0.2) is 35.1 Å². The van der Waals surface area contributed by atoms with Gasteiger partial charge >= 0.3 is 0 Å².